The van der Waals surface area contributed by atoms with Crippen molar-refractivity contribution in [2.45, 2.75) is 45.8 Å². The summed E-state index contributed by atoms with van der Waals surface area (Å²) in [6.07, 6.45) is -0.373. The lowest BCUT2D eigenvalue weighted by Gasteiger charge is -2.19. The molecule has 5 nitrogen and oxygen atoms in total. The highest BCUT2D eigenvalue weighted by Gasteiger charge is 2.16. The third-order valence-corrected chi connectivity index (χ3v) is 1.85. The summed E-state index contributed by atoms with van der Waals surface area (Å²) in [5.74, 6) is 0. The van der Waals surface area contributed by atoms with Gasteiger partial charge in [0.2, 0.25) is 6.43 Å². The number of aromatic nitrogens is 2. The number of anilines is 1. The summed E-state index contributed by atoms with van der Waals surface area (Å²) in [6.45, 7) is 5.35. The van der Waals surface area contributed by atoms with Gasteiger partial charge in [-0.05, 0) is 20.8 Å². The van der Waals surface area contributed by atoms with Crippen molar-refractivity contribution in [2.24, 2.45) is 0 Å². The van der Waals surface area contributed by atoms with Gasteiger partial charge in [-0.1, -0.05) is 0 Å². The van der Waals surface area contributed by atoms with Crippen molar-refractivity contribution in [3.8, 4) is 0 Å². The molecule has 0 aliphatic carbocycles. The minimum absolute atomic E-state index is 0.105. The van der Waals surface area contributed by atoms with Gasteiger partial charge in [-0.3, -0.25) is 10.00 Å². The molecule has 1 N–H and O–H groups in total. The Hall–Kier alpha value is -1.66. The Bertz CT molecular complexity index is 399. The Balaban J connectivity index is 2.46. The first-order valence-electron chi connectivity index (χ1n) is 5.57. The zero-order chi connectivity index (χ0) is 13.8. The molecule has 0 fully saturated rings. The van der Waals surface area contributed by atoms with Crippen molar-refractivity contribution >= 4 is 11.8 Å². The molecule has 18 heavy (non-hydrogen) atoms. The first kappa shape index (κ1) is 14.4. The van der Waals surface area contributed by atoms with Crippen LogP contribution in [0.3, 0.4) is 0 Å². The van der Waals surface area contributed by atoms with E-state index in [4.69, 9.17) is 4.74 Å². The van der Waals surface area contributed by atoms with Crippen LogP contribution in [0, 0.1) is 0 Å². The van der Waals surface area contributed by atoms with Crippen LogP contribution < -0.4 is 5.32 Å². The van der Waals surface area contributed by atoms with Gasteiger partial charge in [0.15, 0.2) is 0 Å². The van der Waals surface area contributed by atoms with Crippen LogP contribution in [0.15, 0.2) is 12.4 Å². The molecule has 0 saturated heterocycles. The maximum absolute atomic E-state index is 12.0. The molecule has 0 bridgehead atoms. The smallest absolute Gasteiger partial charge is 0.412 e. The number of hydrogen-bond acceptors (Lipinski definition) is 3. The minimum atomic E-state index is -2.36. The number of hydrogen-bond donors (Lipinski definition) is 1. The molecule has 0 radical (unpaired) electrons. The van der Waals surface area contributed by atoms with Crippen molar-refractivity contribution in [1.82, 2.24) is 9.78 Å². The lowest BCUT2D eigenvalue weighted by atomic mass is 10.2. The molecule has 102 valence electrons. The molecule has 0 saturated carbocycles. The van der Waals surface area contributed by atoms with Crippen LogP contribution in [-0.4, -0.2) is 27.9 Å². The van der Waals surface area contributed by atoms with Gasteiger partial charge < -0.3 is 4.74 Å². The van der Waals surface area contributed by atoms with Gasteiger partial charge in [-0.25, -0.2) is 13.6 Å². The Labute approximate surface area is 104 Å². The summed E-state index contributed by atoms with van der Waals surface area (Å²) in [5.41, 5.74) is -0.172. The lowest BCUT2D eigenvalue weighted by Crippen LogP contribution is -2.27. The summed E-state index contributed by atoms with van der Waals surface area (Å²) < 4.78 is 30.4. The maximum atomic E-state index is 12.0. The van der Waals surface area contributed by atoms with E-state index in [1.165, 1.54) is 17.1 Å². The lowest BCUT2D eigenvalue weighted by molar-refractivity contribution is 0.0636. The molecular formula is C11H17F2N3O2. The number of carbonyl (C=O) groups excluding carboxylic acids is 1. The van der Waals surface area contributed by atoms with Gasteiger partial charge in [-0.15, -0.1) is 0 Å². The van der Waals surface area contributed by atoms with Crippen LogP contribution in [0.4, 0.5) is 19.3 Å². The molecule has 0 spiro atoms. The molecule has 0 aliphatic heterocycles. The van der Waals surface area contributed by atoms with E-state index in [9.17, 15) is 13.6 Å². The summed E-state index contributed by atoms with van der Waals surface area (Å²) in [6, 6.07) is 0. The van der Waals surface area contributed by atoms with E-state index in [0.29, 0.717) is 5.69 Å². The van der Waals surface area contributed by atoms with Crippen molar-refractivity contribution in [3.63, 3.8) is 0 Å². The highest BCUT2D eigenvalue weighted by Crippen LogP contribution is 2.11. The van der Waals surface area contributed by atoms with E-state index in [1.54, 1.807) is 20.8 Å². The second kappa shape index (κ2) is 5.79. The highest BCUT2D eigenvalue weighted by atomic mass is 19.3. The van der Waals surface area contributed by atoms with E-state index in [-0.39, 0.29) is 13.0 Å². The van der Waals surface area contributed by atoms with Crippen LogP contribution >= 0.6 is 0 Å². The number of aryl methyl sites for hydroxylation is 1. The number of nitrogens with one attached hydrogen (secondary N) is 1. The van der Waals surface area contributed by atoms with Crippen LogP contribution in [0.1, 0.15) is 27.2 Å². The van der Waals surface area contributed by atoms with Crippen LogP contribution in [0.2, 0.25) is 0 Å². The topological polar surface area (TPSA) is 56.1 Å². The third-order valence-electron chi connectivity index (χ3n) is 1.85. The second-order valence-corrected chi connectivity index (χ2v) is 4.80. The summed E-state index contributed by atoms with van der Waals surface area (Å²) >= 11 is 0. The molecule has 0 unspecified atom stereocenters. The second-order valence-electron chi connectivity index (χ2n) is 4.80. The quantitative estimate of drug-likeness (QED) is 0.906. The average Bonchev–Trinajstić information content (AvgIpc) is 2.59. The molecule has 1 aromatic rings. The van der Waals surface area contributed by atoms with Crippen molar-refractivity contribution in [2.75, 3.05) is 5.32 Å². The van der Waals surface area contributed by atoms with E-state index >= 15 is 0 Å². The monoisotopic (exact) mass is 261 g/mol. The van der Waals surface area contributed by atoms with Crippen LogP contribution in [-0.2, 0) is 11.3 Å². The largest absolute Gasteiger partial charge is 0.444 e. The van der Waals surface area contributed by atoms with E-state index < -0.39 is 18.1 Å². The number of halogens is 2. The van der Waals surface area contributed by atoms with Crippen LogP contribution in [0.5, 0.6) is 0 Å². The van der Waals surface area contributed by atoms with Crippen LogP contribution in [0.25, 0.3) is 0 Å². The molecule has 1 heterocycles. The number of rotatable bonds is 4. The number of ether oxygens (including phenoxy) is 1. The Kier molecular flexibility index (Phi) is 4.63. The SMILES string of the molecule is CC(C)(C)OC(=O)Nc1cnn(CCC(F)F)c1. The average molecular weight is 261 g/mol. The predicted octanol–water partition coefficient (Wildman–Crippen LogP) is 2.89. The third kappa shape index (κ3) is 5.60. The fraction of sp³-hybridized carbons (Fsp3) is 0.636. The van der Waals surface area contributed by atoms with Crippen molar-refractivity contribution in [1.29, 1.82) is 0 Å². The van der Waals surface area contributed by atoms with Gasteiger partial charge in [-0.2, -0.15) is 5.10 Å². The van der Waals surface area contributed by atoms with Gasteiger partial charge in [0.25, 0.3) is 0 Å². The molecule has 0 aliphatic rings. The first-order valence-corrected chi connectivity index (χ1v) is 5.57. The summed E-state index contributed by atoms with van der Waals surface area (Å²) in [7, 11) is 0. The van der Waals surface area contributed by atoms with Crippen molar-refractivity contribution < 1.29 is 18.3 Å². The Morgan fingerprint density at radius 1 is 1.56 bits per heavy atom. The van der Waals surface area contributed by atoms with E-state index in [0.717, 1.165) is 0 Å². The van der Waals surface area contributed by atoms with E-state index in [2.05, 4.69) is 10.4 Å². The summed E-state index contributed by atoms with van der Waals surface area (Å²) in [4.78, 5) is 11.4. The molecule has 0 aromatic carbocycles. The predicted molar refractivity (Wildman–Crippen MR) is 62.7 cm³/mol. The van der Waals surface area contributed by atoms with Gasteiger partial charge >= 0.3 is 6.09 Å². The standard InChI is InChI=1S/C11H17F2N3O2/c1-11(2,3)18-10(17)15-8-6-14-16(7-8)5-4-9(12)13/h6-7,9H,4-5H2,1-3H3,(H,15,17). The maximum Gasteiger partial charge on any atom is 0.412 e. The molecule has 1 amide bonds. The first-order chi connectivity index (χ1) is 8.26. The molecule has 0 atom stereocenters. The minimum Gasteiger partial charge on any atom is -0.444 e. The number of nitrogens with zero attached hydrogens (tertiary/aromatic N) is 2. The fourth-order valence-corrected chi connectivity index (χ4v) is 1.20. The molecule has 1 rings (SSSR count). The number of alkyl halides is 2. The van der Waals surface area contributed by atoms with Gasteiger partial charge in [0.05, 0.1) is 11.9 Å². The number of amides is 1. The Morgan fingerprint density at radius 2 is 2.22 bits per heavy atom. The summed E-state index contributed by atoms with van der Waals surface area (Å²) in [5, 5.41) is 6.33. The van der Waals surface area contributed by atoms with Gasteiger partial charge in [0, 0.05) is 19.2 Å². The zero-order valence-corrected chi connectivity index (χ0v) is 10.6. The molecule has 7 heteroatoms. The normalized spacial score (nSPS) is 11.7. The fourth-order valence-electron chi connectivity index (χ4n) is 1.20. The van der Waals surface area contributed by atoms with E-state index in [1.807, 2.05) is 0 Å². The zero-order valence-electron chi connectivity index (χ0n) is 10.6. The molecule has 1 aromatic heterocycles. The van der Waals surface area contributed by atoms with Gasteiger partial charge in [0.1, 0.15) is 5.60 Å². The molecular weight excluding hydrogens is 244 g/mol. The highest BCUT2D eigenvalue weighted by molar-refractivity contribution is 5.84. The Morgan fingerprint density at radius 3 is 2.78 bits per heavy atom. The number of carbonyl (C=O) groups is 1. The van der Waals surface area contributed by atoms with Crippen molar-refractivity contribution in [3.05, 3.63) is 12.4 Å².